The van der Waals surface area contributed by atoms with Crippen LogP contribution in [0.3, 0.4) is 0 Å². The summed E-state index contributed by atoms with van der Waals surface area (Å²) < 4.78 is 4.89. The van der Waals surface area contributed by atoms with Crippen LogP contribution in [0.15, 0.2) is 47.7 Å². The number of benzene rings is 1. The Hall–Kier alpha value is -2.65. The highest BCUT2D eigenvalue weighted by molar-refractivity contribution is 7.80. The normalized spacial score (nSPS) is 12.7. The Balaban J connectivity index is 2.70. The number of nitrogens with one attached hydrogen (secondary N) is 2. The maximum atomic E-state index is 12.2. The lowest BCUT2D eigenvalue weighted by Gasteiger charge is -2.18. The zero-order chi connectivity index (χ0) is 20.2. The molecule has 0 bridgehead atoms. The Morgan fingerprint density at radius 1 is 1.33 bits per heavy atom. The van der Waals surface area contributed by atoms with Crippen molar-refractivity contribution < 1.29 is 14.3 Å². The van der Waals surface area contributed by atoms with Crippen LogP contribution in [-0.4, -0.2) is 30.4 Å². The van der Waals surface area contributed by atoms with Crippen molar-refractivity contribution in [2.45, 2.75) is 33.2 Å². The van der Waals surface area contributed by atoms with Crippen molar-refractivity contribution in [3.63, 3.8) is 0 Å². The number of ether oxygens (including phenoxy) is 1. The van der Waals surface area contributed by atoms with E-state index in [2.05, 4.69) is 29.2 Å². The van der Waals surface area contributed by atoms with E-state index in [-0.39, 0.29) is 11.7 Å². The van der Waals surface area contributed by atoms with E-state index in [0.717, 1.165) is 11.1 Å². The fraction of sp³-hybridized carbons (Fsp3) is 0.333. The molecule has 1 rings (SSSR count). The minimum atomic E-state index is -0.428. The Morgan fingerprint density at radius 2 is 2.04 bits per heavy atom. The van der Waals surface area contributed by atoms with E-state index in [1.165, 1.54) is 12.2 Å². The van der Waals surface area contributed by atoms with Crippen LogP contribution in [-0.2, 0) is 16.0 Å². The molecule has 1 aromatic carbocycles. The molecule has 0 aliphatic rings. The molecule has 2 N–H and O–H groups in total. The first kappa shape index (κ1) is 22.4. The molecule has 1 unspecified atom stereocenters. The van der Waals surface area contributed by atoms with Gasteiger partial charge in [-0.1, -0.05) is 30.2 Å². The SMILES string of the molecule is C#C/C(=C\C=C(/C)C(=O)OCC)NC(=O)NC(CS)Cc1ccccc1C. The number of thiol groups is 1. The van der Waals surface area contributed by atoms with Crippen LogP contribution >= 0.6 is 12.6 Å². The van der Waals surface area contributed by atoms with E-state index in [1.807, 2.05) is 31.2 Å². The summed E-state index contributed by atoms with van der Waals surface area (Å²) in [7, 11) is 0. The first-order valence-electron chi connectivity index (χ1n) is 8.66. The molecule has 0 spiro atoms. The molecule has 1 atom stereocenters. The average molecular weight is 387 g/mol. The third kappa shape index (κ3) is 8.06. The number of esters is 1. The maximum absolute atomic E-state index is 12.2. The topological polar surface area (TPSA) is 67.4 Å². The second kappa shape index (κ2) is 11.9. The van der Waals surface area contributed by atoms with Crippen molar-refractivity contribution in [1.29, 1.82) is 0 Å². The standard InChI is InChI=1S/C21H26N2O3S/c1-5-18(12-11-16(4)20(24)26-6-2)22-21(25)23-19(14-27)13-17-10-8-7-9-15(17)3/h1,7-12,19,27H,6,13-14H2,2-4H3,(H2,22,23,25)/b16-11+,18-12+. The van der Waals surface area contributed by atoms with Crippen LogP contribution in [0.4, 0.5) is 4.79 Å². The lowest BCUT2D eigenvalue weighted by molar-refractivity contribution is -0.138. The molecule has 0 radical (unpaired) electrons. The molecule has 2 amide bonds. The van der Waals surface area contributed by atoms with Crippen LogP contribution in [0.5, 0.6) is 0 Å². The Kier molecular flexibility index (Phi) is 9.84. The Bertz CT molecular complexity index is 763. The van der Waals surface area contributed by atoms with E-state index in [9.17, 15) is 9.59 Å². The molecular weight excluding hydrogens is 360 g/mol. The monoisotopic (exact) mass is 386 g/mol. The molecule has 0 aromatic heterocycles. The second-order valence-electron chi connectivity index (χ2n) is 5.90. The highest BCUT2D eigenvalue weighted by Gasteiger charge is 2.13. The Morgan fingerprint density at radius 3 is 2.63 bits per heavy atom. The van der Waals surface area contributed by atoms with Crippen molar-refractivity contribution in [2.75, 3.05) is 12.4 Å². The van der Waals surface area contributed by atoms with Crippen molar-refractivity contribution in [2.24, 2.45) is 0 Å². The lowest BCUT2D eigenvalue weighted by Crippen LogP contribution is -2.43. The second-order valence-corrected chi connectivity index (χ2v) is 6.27. The predicted molar refractivity (Wildman–Crippen MR) is 111 cm³/mol. The van der Waals surface area contributed by atoms with Crippen LogP contribution in [0.2, 0.25) is 0 Å². The molecule has 0 fully saturated rings. The highest BCUT2D eigenvalue weighted by atomic mass is 32.1. The van der Waals surface area contributed by atoms with Gasteiger partial charge in [0.15, 0.2) is 0 Å². The lowest BCUT2D eigenvalue weighted by atomic mass is 10.0. The summed E-state index contributed by atoms with van der Waals surface area (Å²) >= 11 is 4.32. The smallest absolute Gasteiger partial charge is 0.333 e. The van der Waals surface area contributed by atoms with Gasteiger partial charge >= 0.3 is 12.0 Å². The largest absolute Gasteiger partial charge is 0.463 e. The van der Waals surface area contributed by atoms with Gasteiger partial charge in [-0.2, -0.15) is 12.6 Å². The van der Waals surface area contributed by atoms with Crippen LogP contribution in [0.1, 0.15) is 25.0 Å². The van der Waals surface area contributed by atoms with E-state index in [4.69, 9.17) is 11.2 Å². The number of carbonyl (C=O) groups excluding carboxylic acids is 2. The van der Waals surface area contributed by atoms with Gasteiger partial charge in [0.1, 0.15) is 0 Å². The molecule has 5 nitrogen and oxygen atoms in total. The third-order valence-corrected chi connectivity index (χ3v) is 4.23. The average Bonchev–Trinajstić information content (AvgIpc) is 2.66. The minimum Gasteiger partial charge on any atom is -0.463 e. The van der Waals surface area contributed by atoms with Gasteiger partial charge in [-0.15, -0.1) is 6.42 Å². The van der Waals surface area contributed by atoms with E-state index < -0.39 is 12.0 Å². The molecule has 0 saturated carbocycles. The summed E-state index contributed by atoms with van der Waals surface area (Å²) in [6, 6.07) is 7.43. The summed E-state index contributed by atoms with van der Waals surface area (Å²) in [5.41, 5.74) is 2.94. The summed E-state index contributed by atoms with van der Waals surface area (Å²) in [4.78, 5) is 23.8. The molecule has 0 aliphatic heterocycles. The third-order valence-electron chi connectivity index (χ3n) is 3.78. The molecule has 1 aromatic rings. The molecule has 0 saturated heterocycles. The van der Waals surface area contributed by atoms with Gasteiger partial charge in [0.2, 0.25) is 0 Å². The van der Waals surface area contributed by atoms with Gasteiger partial charge in [0.25, 0.3) is 0 Å². The molecular formula is C21H26N2O3S. The van der Waals surface area contributed by atoms with E-state index in [1.54, 1.807) is 13.8 Å². The van der Waals surface area contributed by atoms with Crippen molar-refractivity contribution in [3.8, 4) is 12.3 Å². The fourth-order valence-corrected chi connectivity index (χ4v) is 2.48. The number of hydrogen-bond donors (Lipinski definition) is 3. The molecule has 0 aliphatic carbocycles. The molecule has 144 valence electrons. The Labute approximate surface area is 166 Å². The minimum absolute atomic E-state index is 0.148. The molecule has 6 heteroatoms. The fourth-order valence-electron chi connectivity index (χ4n) is 2.26. The van der Waals surface area contributed by atoms with Gasteiger partial charge in [-0.25, -0.2) is 9.59 Å². The number of hydrogen-bond acceptors (Lipinski definition) is 4. The summed E-state index contributed by atoms with van der Waals surface area (Å²) in [6.45, 7) is 5.67. The zero-order valence-corrected chi connectivity index (χ0v) is 16.8. The summed E-state index contributed by atoms with van der Waals surface area (Å²) in [5, 5.41) is 5.47. The number of carbonyl (C=O) groups is 2. The summed E-state index contributed by atoms with van der Waals surface area (Å²) in [5.74, 6) is 2.44. The van der Waals surface area contributed by atoms with Crippen molar-refractivity contribution >= 4 is 24.6 Å². The maximum Gasteiger partial charge on any atom is 0.333 e. The highest BCUT2D eigenvalue weighted by Crippen LogP contribution is 2.10. The van der Waals surface area contributed by atoms with E-state index in [0.29, 0.717) is 24.4 Å². The first-order chi connectivity index (χ1) is 12.9. The van der Waals surface area contributed by atoms with E-state index >= 15 is 0 Å². The number of allylic oxidation sites excluding steroid dienone is 3. The summed E-state index contributed by atoms with van der Waals surface area (Å²) in [6.07, 6.45) is 9.09. The van der Waals surface area contributed by atoms with Crippen molar-refractivity contribution in [3.05, 3.63) is 58.8 Å². The van der Waals surface area contributed by atoms with Gasteiger partial charge in [0, 0.05) is 17.4 Å². The number of amides is 2. The van der Waals surface area contributed by atoms with Gasteiger partial charge in [-0.3, -0.25) is 0 Å². The number of aryl methyl sites for hydroxylation is 1. The number of urea groups is 1. The number of rotatable bonds is 8. The molecule has 27 heavy (non-hydrogen) atoms. The van der Waals surface area contributed by atoms with Crippen LogP contribution in [0.25, 0.3) is 0 Å². The first-order valence-corrected chi connectivity index (χ1v) is 9.29. The molecule has 0 heterocycles. The quantitative estimate of drug-likeness (QED) is 0.211. The van der Waals surface area contributed by atoms with Crippen LogP contribution < -0.4 is 10.6 Å². The van der Waals surface area contributed by atoms with Gasteiger partial charge in [0.05, 0.1) is 12.3 Å². The van der Waals surface area contributed by atoms with Gasteiger partial charge < -0.3 is 15.4 Å². The number of terminal acetylenes is 1. The predicted octanol–water partition coefficient (Wildman–Crippen LogP) is 3.16. The van der Waals surface area contributed by atoms with Crippen molar-refractivity contribution in [1.82, 2.24) is 10.6 Å². The zero-order valence-electron chi connectivity index (χ0n) is 15.9. The van der Waals surface area contributed by atoms with Gasteiger partial charge in [-0.05, 0) is 50.5 Å². The van der Waals surface area contributed by atoms with Crippen LogP contribution in [0, 0.1) is 19.3 Å².